The van der Waals surface area contributed by atoms with E-state index in [9.17, 15) is 10.5 Å². The lowest BCUT2D eigenvalue weighted by Gasteiger charge is -2.28. The number of nitrogens with one attached hydrogen (secondary N) is 1. The third-order valence-corrected chi connectivity index (χ3v) is 9.29. The van der Waals surface area contributed by atoms with Crippen molar-refractivity contribution in [3.8, 4) is 45.5 Å². The van der Waals surface area contributed by atoms with Crippen molar-refractivity contribution >= 4 is 22.7 Å². The summed E-state index contributed by atoms with van der Waals surface area (Å²) in [6.07, 6.45) is 8.89. The first-order valence-corrected chi connectivity index (χ1v) is 16.1. The molecule has 0 saturated heterocycles. The molecule has 0 saturated carbocycles. The standard InChI is InChI=1S/C44H30N4/c45-28-30-20-25-37(32-10-2-1-3-11-32)41(26-30)47-44-35(29-46)14-9-17-38(44)34-13-8-12-33(27-34)31-21-23-36(24-22-31)48-42-18-6-4-15-39(42)40-16-5-7-19-43(40)48/h1-27,39,42,47H. The Morgan fingerprint density at radius 1 is 0.562 bits per heavy atom. The monoisotopic (exact) mass is 614 g/mol. The molecule has 0 amide bonds. The zero-order valence-electron chi connectivity index (χ0n) is 26.1. The summed E-state index contributed by atoms with van der Waals surface area (Å²) >= 11 is 0. The fraction of sp³-hybridized carbons (Fsp3) is 0.0455. The van der Waals surface area contributed by atoms with Gasteiger partial charge in [0.15, 0.2) is 0 Å². The Morgan fingerprint density at radius 3 is 2.15 bits per heavy atom. The second-order valence-corrected chi connectivity index (χ2v) is 12.0. The Hall–Kier alpha value is -6.62. The molecule has 0 radical (unpaired) electrons. The first kappa shape index (κ1) is 28.8. The van der Waals surface area contributed by atoms with Gasteiger partial charge in [-0.05, 0) is 70.3 Å². The van der Waals surface area contributed by atoms with Gasteiger partial charge in [-0.25, -0.2) is 0 Å². The number of rotatable bonds is 6. The van der Waals surface area contributed by atoms with Crippen LogP contribution in [-0.2, 0) is 0 Å². The van der Waals surface area contributed by atoms with Gasteiger partial charge in [-0.15, -0.1) is 0 Å². The molecule has 4 nitrogen and oxygen atoms in total. The molecule has 226 valence electrons. The van der Waals surface area contributed by atoms with Crippen LogP contribution in [0, 0.1) is 22.7 Å². The van der Waals surface area contributed by atoms with E-state index >= 15 is 0 Å². The summed E-state index contributed by atoms with van der Waals surface area (Å²) in [6.45, 7) is 0. The predicted molar refractivity (Wildman–Crippen MR) is 195 cm³/mol. The van der Waals surface area contributed by atoms with E-state index in [4.69, 9.17) is 0 Å². The van der Waals surface area contributed by atoms with Gasteiger partial charge in [-0.3, -0.25) is 0 Å². The molecular weight excluding hydrogens is 585 g/mol. The SMILES string of the molecule is N#Cc1ccc(-c2ccccc2)c(Nc2c(C#N)cccc2-c2cccc(-c3ccc(N4c5ccccc5C5C=CC=CC54)cc3)c2)c1. The summed E-state index contributed by atoms with van der Waals surface area (Å²) in [7, 11) is 0. The Kier molecular flexibility index (Phi) is 7.38. The molecule has 0 spiro atoms. The van der Waals surface area contributed by atoms with Crippen molar-refractivity contribution in [2.75, 3.05) is 10.2 Å². The van der Waals surface area contributed by atoms with Crippen molar-refractivity contribution in [1.29, 1.82) is 10.5 Å². The first-order valence-electron chi connectivity index (χ1n) is 16.1. The average molecular weight is 615 g/mol. The average Bonchev–Trinajstić information content (AvgIpc) is 3.50. The third-order valence-electron chi connectivity index (χ3n) is 9.29. The van der Waals surface area contributed by atoms with Crippen molar-refractivity contribution in [2.45, 2.75) is 12.0 Å². The fourth-order valence-corrected chi connectivity index (χ4v) is 7.01. The smallest absolute Gasteiger partial charge is 0.101 e. The van der Waals surface area contributed by atoms with Crippen molar-refractivity contribution < 1.29 is 0 Å². The molecule has 2 atom stereocenters. The fourth-order valence-electron chi connectivity index (χ4n) is 7.01. The first-order chi connectivity index (χ1) is 23.7. The number of allylic oxidation sites excluding steroid dienone is 2. The Labute approximate surface area is 280 Å². The van der Waals surface area contributed by atoms with Gasteiger partial charge in [-0.1, -0.05) is 121 Å². The summed E-state index contributed by atoms with van der Waals surface area (Å²) in [5, 5.41) is 23.5. The van der Waals surface area contributed by atoms with Gasteiger partial charge in [0.05, 0.1) is 28.9 Å². The van der Waals surface area contributed by atoms with Crippen LogP contribution < -0.4 is 10.2 Å². The summed E-state index contributed by atoms with van der Waals surface area (Å²) in [5.41, 5.74) is 12.4. The van der Waals surface area contributed by atoms with E-state index in [2.05, 4.69) is 119 Å². The second kappa shape index (κ2) is 12.3. The molecule has 2 aliphatic rings. The molecule has 1 aliphatic carbocycles. The zero-order valence-corrected chi connectivity index (χ0v) is 26.1. The minimum absolute atomic E-state index is 0.260. The molecule has 2 unspecified atom stereocenters. The largest absolute Gasteiger partial charge is 0.353 e. The Balaban J connectivity index is 1.15. The highest BCUT2D eigenvalue weighted by Crippen LogP contribution is 2.47. The van der Waals surface area contributed by atoms with Crippen molar-refractivity contribution in [3.05, 3.63) is 181 Å². The van der Waals surface area contributed by atoms with Gasteiger partial charge < -0.3 is 10.2 Å². The highest BCUT2D eigenvalue weighted by Gasteiger charge is 2.36. The van der Waals surface area contributed by atoms with Crippen LogP contribution in [0.3, 0.4) is 0 Å². The number of anilines is 4. The van der Waals surface area contributed by atoms with Gasteiger partial charge in [0.2, 0.25) is 0 Å². The maximum absolute atomic E-state index is 10.2. The molecular formula is C44H30N4. The van der Waals surface area contributed by atoms with Gasteiger partial charge in [-0.2, -0.15) is 10.5 Å². The minimum Gasteiger partial charge on any atom is -0.353 e. The molecule has 6 aromatic carbocycles. The normalized spacial score (nSPS) is 15.7. The molecule has 0 fully saturated rings. The molecule has 0 bridgehead atoms. The number of hydrogen-bond donors (Lipinski definition) is 1. The van der Waals surface area contributed by atoms with Crippen LogP contribution >= 0.6 is 0 Å². The zero-order chi connectivity index (χ0) is 32.5. The van der Waals surface area contributed by atoms with E-state index in [1.165, 1.54) is 11.3 Å². The number of benzene rings is 6. The van der Waals surface area contributed by atoms with E-state index in [0.717, 1.165) is 44.8 Å². The highest BCUT2D eigenvalue weighted by molar-refractivity contribution is 5.91. The summed E-state index contributed by atoms with van der Waals surface area (Å²) in [5.74, 6) is 0.348. The highest BCUT2D eigenvalue weighted by atomic mass is 15.2. The van der Waals surface area contributed by atoms with Crippen LogP contribution in [0.4, 0.5) is 22.7 Å². The van der Waals surface area contributed by atoms with E-state index in [-0.39, 0.29) is 6.04 Å². The van der Waals surface area contributed by atoms with Gasteiger partial charge in [0, 0.05) is 34.1 Å². The topological polar surface area (TPSA) is 62.9 Å². The minimum atomic E-state index is 0.260. The van der Waals surface area contributed by atoms with Gasteiger partial charge in [0.1, 0.15) is 6.07 Å². The predicted octanol–water partition coefficient (Wildman–Crippen LogP) is 10.9. The molecule has 0 aromatic heterocycles. The lowest BCUT2D eigenvalue weighted by atomic mass is 9.91. The van der Waals surface area contributed by atoms with Crippen molar-refractivity contribution in [1.82, 2.24) is 0 Å². The Bertz CT molecular complexity index is 2300. The second-order valence-electron chi connectivity index (χ2n) is 12.0. The van der Waals surface area contributed by atoms with E-state index in [1.807, 2.05) is 66.7 Å². The van der Waals surface area contributed by atoms with E-state index in [1.54, 1.807) is 0 Å². The van der Waals surface area contributed by atoms with Crippen LogP contribution in [0.5, 0.6) is 0 Å². The number of fused-ring (bicyclic) bond motifs is 3. The van der Waals surface area contributed by atoms with Crippen molar-refractivity contribution in [3.63, 3.8) is 0 Å². The number of nitrogens with zero attached hydrogens (tertiary/aromatic N) is 3. The summed E-state index contributed by atoms with van der Waals surface area (Å²) in [6, 6.07) is 52.3. The van der Waals surface area contributed by atoms with Crippen LogP contribution in [-0.4, -0.2) is 6.04 Å². The van der Waals surface area contributed by atoms with E-state index < -0.39 is 0 Å². The van der Waals surface area contributed by atoms with Crippen LogP contribution in [0.15, 0.2) is 164 Å². The number of hydrogen-bond acceptors (Lipinski definition) is 4. The quantitative estimate of drug-likeness (QED) is 0.203. The molecule has 4 heteroatoms. The maximum Gasteiger partial charge on any atom is 0.101 e. The third kappa shape index (κ3) is 5.13. The van der Waals surface area contributed by atoms with Crippen molar-refractivity contribution in [2.24, 2.45) is 0 Å². The van der Waals surface area contributed by atoms with Crippen LogP contribution in [0.1, 0.15) is 22.6 Å². The lowest BCUT2D eigenvalue weighted by Crippen LogP contribution is -2.28. The molecule has 1 N–H and O–H groups in total. The lowest BCUT2D eigenvalue weighted by molar-refractivity contribution is 0.745. The molecule has 8 rings (SSSR count). The van der Waals surface area contributed by atoms with Gasteiger partial charge in [0.25, 0.3) is 0 Å². The summed E-state index contributed by atoms with van der Waals surface area (Å²) in [4.78, 5) is 2.44. The van der Waals surface area contributed by atoms with Crippen LogP contribution in [0.25, 0.3) is 33.4 Å². The van der Waals surface area contributed by atoms with Gasteiger partial charge >= 0.3 is 0 Å². The Morgan fingerprint density at radius 2 is 1.31 bits per heavy atom. The summed E-state index contributed by atoms with van der Waals surface area (Å²) < 4.78 is 0. The molecule has 1 aliphatic heterocycles. The van der Waals surface area contributed by atoms with Crippen LogP contribution in [0.2, 0.25) is 0 Å². The molecule has 1 heterocycles. The van der Waals surface area contributed by atoms with E-state index in [0.29, 0.717) is 22.7 Å². The molecule has 6 aromatic rings. The molecule has 48 heavy (non-hydrogen) atoms. The maximum atomic E-state index is 10.2. The number of para-hydroxylation sites is 2. The number of nitriles is 2.